The van der Waals surface area contributed by atoms with Crippen LogP contribution in [0.2, 0.25) is 0 Å². The summed E-state index contributed by atoms with van der Waals surface area (Å²) in [6, 6.07) is 3.77. The van der Waals surface area contributed by atoms with E-state index in [2.05, 4.69) is 17.2 Å². The van der Waals surface area contributed by atoms with Gasteiger partial charge in [0, 0.05) is 25.1 Å². The predicted octanol–water partition coefficient (Wildman–Crippen LogP) is 2.34. The van der Waals surface area contributed by atoms with Crippen LogP contribution < -0.4 is 5.32 Å². The van der Waals surface area contributed by atoms with Gasteiger partial charge in [0.1, 0.15) is 11.6 Å². The van der Waals surface area contributed by atoms with Gasteiger partial charge in [0.2, 0.25) is 0 Å². The third-order valence-corrected chi connectivity index (χ3v) is 2.18. The van der Waals surface area contributed by atoms with E-state index in [4.69, 9.17) is 5.26 Å². The monoisotopic (exact) mass is 234 g/mol. The molecule has 0 aliphatic rings. The number of rotatable bonds is 4. The van der Waals surface area contributed by atoms with Crippen molar-refractivity contribution >= 4 is 0 Å². The maximum atomic E-state index is 13.4. The SMILES string of the molecule is CC#CCCNCc1c(F)cc(C#N)cc1F. The van der Waals surface area contributed by atoms with Gasteiger partial charge < -0.3 is 5.32 Å². The van der Waals surface area contributed by atoms with Gasteiger partial charge in [-0.15, -0.1) is 11.8 Å². The lowest BCUT2D eigenvalue weighted by Crippen LogP contribution is -2.16. The minimum atomic E-state index is -0.698. The van der Waals surface area contributed by atoms with Gasteiger partial charge >= 0.3 is 0 Å². The first-order chi connectivity index (χ1) is 8.19. The van der Waals surface area contributed by atoms with Crippen molar-refractivity contribution in [2.45, 2.75) is 19.9 Å². The fourth-order valence-electron chi connectivity index (χ4n) is 1.33. The number of hydrogen-bond acceptors (Lipinski definition) is 2. The highest BCUT2D eigenvalue weighted by Gasteiger charge is 2.10. The molecule has 0 saturated carbocycles. The van der Waals surface area contributed by atoms with Crippen molar-refractivity contribution in [1.82, 2.24) is 5.32 Å². The molecule has 17 heavy (non-hydrogen) atoms. The zero-order chi connectivity index (χ0) is 12.7. The van der Waals surface area contributed by atoms with Crippen molar-refractivity contribution < 1.29 is 8.78 Å². The largest absolute Gasteiger partial charge is 0.312 e. The lowest BCUT2D eigenvalue weighted by atomic mass is 10.1. The normalized spacial score (nSPS) is 9.29. The number of benzene rings is 1. The maximum Gasteiger partial charge on any atom is 0.131 e. The molecule has 0 bridgehead atoms. The van der Waals surface area contributed by atoms with Gasteiger partial charge in [-0.3, -0.25) is 0 Å². The van der Waals surface area contributed by atoms with E-state index in [-0.39, 0.29) is 17.7 Å². The van der Waals surface area contributed by atoms with Gasteiger partial charge in [-0.25, -0.2) is 8.78 Å². The summed E-state index contributed by atoms with van der Waals surface area (Å²) in [5.74, 6) is 4.17. The highest BCUT2D eigenvalue weighted by molar-refractivity contribution is 5.34. The van der Waals surface area contributed by atoms with E-state index < -0.39 is 11.6 Å². The van der Waals surface area contributed by atoms with Crippen LogP contribution in [0.25, 0.3) is 0 Å². The summed E-state index contributed by atoms with van der Waals surface area (Å²) in [5.41, 5.74) is -0.0611. The van der Waals surface area contributed by atoms with Crippen LogP contribution in [0.1, 0.15) is 24.5 Å². The molecule has 1 aromatic rings. The van der Waals surface area contributed by atoms with Crippen molar-refractivity contribution in [3.05, 3.63) is 34.9 Å². The molecule has 0 amide bonds. The summed E-state index contributed by atoms with van der Waals surface area (Å²) < 4.78 is 26.8. The minimum Gasteiger partial charge on any atom is -0.312 e. The molecule has 0 radical (unpaired) electrons. The van der Waals surface area contributed by atoms with E-state index in [0.717, 1.165) is 12.1 Å². The van der Waals surface area contributed by atoms with Crippen LogP contribution in [0, 0.1) is 34.8 Å². The summed E-state index contributed by atoms with van der Waals surface area (Å²) >= 11 is 0. The molecule has 0 aliphatic heterocycles. The number of hydrogen-bond donors (Lipinski definition) is 1. The average Bonchev–Trinajstić information content (AvgIpc) is 2.31. The second-order valence-corrected chi connectivity index (χ2v) is 3.38. The van der Waals surface area contributed by atoms with E-state index in [9.17, 15) is 8.78 Å². The van der Waals surface area contributed by atoms with Crippen molar-refractivity contribution in [1.29, 1.82) is 5.26 Å². The van der Waals surface area contributed by atoms with E-state index in [1.807, 2.05) is 0 Å². The van der Waals surface area contributed by atoms with Gasteiger partial charge in [-0.05, 0) is 19.1 Å². The van der Waals surface area contributed by atoms with Crippen molar-refractivity contribution in [3.63, 3.8) is 0 Å². The molecule has 1 rings (SSSR count). The summed E-state index contributed by atoms with van der Waals surface area (Å²) in [4.78, 5) is 0. The molecule has 0 heterocycles. The average molecular weight is 234 g/mol. The highest BCUT2D eigenvalue weighted by atomic mass is 19.1. The van der Waals surface area contributed by atoms with Gasteiger partial charge in [-0.2, -0.15) is 5.26 Å². The predicted molar refractivity (Wildman–Crippen MR) is 60.8 cm³/mol. The number of nitrogens with one attached hydrogen (secondary N) is 1. The second-order valence-electron chi connectivity index (χ2n) is 3.38. The Kier molecular flexibility index (Phi) is 5.13. The number of nitrogens with zero attached hydrogens (tertiary/aromatic N) is 1. The smallest absolute Gasteiger partial charge is 0.131 e. The standard InChI is InChI=1S/C13H12F2N2/c1-2-3-4-5-17-9-11-12(14)6-10(8-16)7-13(11)15/h6-7,17H,4-5,9H2,1H3. The molecule has 0 aliphatic carbocycles. The van der Waals surface area contributed by atoms with Crippen LogP contribution in [-0.4, -0.2) is 6.54 Å². The fourth-order valence-corrected chi connectivity index (χ4v) is 1.33. The van der Waals surface area contributed by atoms with Crippen molar-refractivity contribution in [2.75, 3.05) is 6.54 Å². The Morgan fingerprint density at radius 3 is 2.47 bits per heavy atom. The van der Waals surface area contributed by atoms with Gasteiger partial charge in [0.15, 0.2) is 0 Å². The summed E-state index contributed by atoms with van der Waals surface area (Å²) in [6.45, 7) is 2.40. The molecule has 0 aromatic heterocycles. The quantitative estimate of drug-likeness (QED) is 0.641. The molecular weight excluding hydrogens is 222 g/mol. The van der Waals surface area contributed by atoms with Gasteiger partial charge in [-0.1, -0.05) is 0 Å². The molecule has 0 saturated heterocycles. The molecular formula is C13H12F2N2. The molecule has 0 spiro atoms. The zero-order valence-electron chi connectivity index (χ0n) is 9.48. The van der Waals surface area contributed by atoms with Crippen LogP contribution in [0.15, 0.2) is 12.1 Å². The Morgan fingerprint density at radius 1 is 1.29 bits per heavy atom. The molecule has 2 nitrogen and oxygen atoms in total. The molecule has 0 fully saturated rings. The Bertz CT molecular complexity index is 469. The molecule has 0 atom stereocenters. The van der Waals surface area contributed by atoms with Crippen LogP contribution in [-0.2, 0) is 6.54 Å². The van der Waals surface area contributed by atoms with E-state index in [1.54, 1.807) is 13.0 Å². The first kappa shape index (κ1) is 13.2. The van der Waals surface area contributed by atoms with Crippen molar-refractivity contribution in [3.8, 4) is 17.9 Å². The summed E-state index contributed by atoms with van der Waals surface area (Å²) in [5, 5.41) is 11.4. The van der Waals surface area contributed by atoms with E-state index in [1.165, 1.54) is 0 Å². The molecule has 4 heteroatoms. The van der Waals surface area contributed by atoms with E-state index in [0.29, 0.717) is 13.0 Å². The third-order valence-electron chi connectivity index (χ3n) is 2.18. The number of nitriles is 1. The Morgan fingerprint density at radius 2 is 1.94 bits per heavy atom. The Labute approximate surface area is 99.3 Å². The minimum absolute atomic E-state index is 0.0133. The lowest BCUT2D eigenvalue weighted by molar-refractivity contribution is 0.537. The van der Waals surface area contributed by atoms with Crippen LogP contribution in [0.3, 0.4) is 0 Å². The Balaban J connectivity index is 2.65. The summed E-state index contributed by atoms with van der Waals surface area (Å²) in [6.07, 6.45) is 0.635. The van der Waals surface area contributed by atoms with Crippen LogP contribution in [0.4, 0.5) is 8.78 Å². The number of halogens is 2. The van der Waals surface area contributed by atoms with E-state index >= 15 is 0 Å². The maximum absolute atomic E-state index is 13.4. The lowest BCUT2D eigenvalue weighted by Gasteiger charge is -2.06. The first-order valence-corrected chi connectivity index (χ1v) is 5.17. The molecule has 1 N–H and O–H groups in total. The van der Waals surface area contributed by atoms with Crippen LogP contribution >= 0.6 is 0 Å². The van der Waals surface area contributed by atoms with Gasteiger partial charge in [0.25, 0.3) is 0 Å². The first-order valence-electron chi connectivity index (χ1n) is 5.17. The van der Waals surface area contributed by atoms with Crippen molar-refractivity contribution in [2.24, 2.45) is 0 Å². The zero-order valence-corrected chi connectivity index (χ0v) is 9.48. The Hall–Kier alpha value is -1.91. The molecule has 1 aromatic carbocycles. The third kappa shape index (κ3) is 3.86. The second kappa shape index (κ2) is 6.62. The highest BCUT2D eigenvalue weighted by Crippen LogP contribution is 2.14. The topological polar surface area (TPSA) is 35.8 Å². The fraction of sp³-hybridized carbons (Fsp3) is 0.308. The summed E-state index contributed by atoms with van der Waals surface area (Å²) in [7, 11) is 0. The molecule has 0 unspecified atom stereocenters. The molecule has 88 valence electrons. The van der Waals surface area contributed by atoms with Crippen LogP contribution in [0.5, 0.6) is 0 Å². The van der Waals surface area contributed by atoms with Gasteiger partial charge in [0.05, 0.1) is 11.6 Å².